The monoisotopic (exact) mass is 384 g/mol. The maximum absolute atomic E-state index is 9.82. The second-order valence-corrected chi connectivity index (χ2v) is 8.79. The Bertz CT molecular complexity index is 777. The van der Waals surface area contributed by atoms with Gasteiger partial charge in [0.25, 0.3) is 0 Å². The third-order valence-corrected chi connectivity index (χ3v) is 7.65. The topological polar surface area (TPSA) is 54.3 Å². The lowest BCUT2D eigenvalue weighted by Crippen LogP contribution is -2.67. The molecular weight excluding hydrogens is 352 g/mol. The van der Waals surface area contributed by atoms with Crippen LogP contribution in [0.5, 0.6) is 11.5 Å². The highest BCUT2D eigenvalue weighted by Gasteiger charge is 2.59. The van der Waals surface area contributed by atoms with Crippen LogP contribution in [0.1, 0.15) is 63.1 Å². The van der Waals surface area contributed by atoms with Crippen molar-refractivity contribution in [3.63, 3.8) is 0 Å². The minimum absolute atomic E-state index is 0.300. The zero-order valence-electron chi connectivity index (χ0n) is 17.1. The van der Waals surface area contributed by atoms with E-state index in [2.05, 4.69) is 22.2 Å². The van der Waals surface area contributed by atoms with Crippen LogP contribution in [0.25, 0.3) is 0 Å². The van der Waals surface area contributed by atoms with Gasteiger partial charge in [-0.3, -0.25) is 4.90 Å². The standard InChI is InChI=1S/C23H32N2O3/c1-3-27-20-11-14-9-10-25-19(17(14)12-21(20)28-4-2)13-18(24-26)22-15-7-5-6-8-16(15)23(22)25/h11-12,15-16,19,22-23,26H,3-10,13H2,1-2H3. The van der Waals surface area contributed by atoms with Crippen LogP contribution in [-0.4, -0.2) is 41.6 Å². The Morgan fingerprint density at radius 2 is 1.79 bits per heavy atom. The van der Waals surface area contributed by atoms with E-state index in [0.29, 0.717) is 31.2 Å². The van der Waals surface area contributed by atoms with Gasteiger partial charge in [-0.25, -0.2) is 0 Å². The first-order chi connectivity index (χ1) is 13.8. The summed E-state index contributed by atoms with van der Waals surface area (Å²) in [6.07, 6.45) is 7.25. The van der Waals surface area contributed by atoms with Gasteiger partial charge in [0.05, 0.1) is 18.9 Å². The second kappa shape index (κ2) is 7.25. The number of benzene rings is 1. The molecule has 0 aromatic heterocycles. The number of hydrogen-bond donors (Lipinski definition) is 1. The predicted octanol–water partition coefficient (Wildman–Crippen LogP) is 4.42. The van der Waals surface area contributed by atoms with Gasteiger partial charge in [0.1, 0.15) is 0 Å². The van der Waals surface area contributed by atoms with E-state index in [9.17, 15) is 5.21 Å². The van der Waals surface area contributed by atoms with Gasteiger partial charge < -0.3 is 14.7 Å². The zero-order valence-corrected chi connectivity index (χ0v) is 17.1. The summed E-state index contributed by atoms with van der Waals surface area (Å²) in [7, 11) is 0. The van der Waals surface area contributed by atoms with Crippen LogP contribution in [0, 0.1) is 17.8 Å². The van der Waals surface area contributed by atoms with Crippen molar-refractivity contribution < 1.29 is 14.7 Å². The van der Waals surface area contributed by atoms with Crippen LogP contribution >= 0.6 is 0 Å². The lowest BCUT2D eigenvalue weighted by atomic mass is 9.51. The molecule has 1 N–H and O–H groups in total. The second-order valence-electron chi connectivity index (χ2n) is 8.79. The molecular formula is C23H32N2O3. The van der Waals surface area contributed by atoms with Crippen LogP contribution in [-0.2, 0) is 6.42 Å². The Morgan fingerprint density at radius 1 is 1.07 bits per heavy atom. The zero-order chi connectivity index (χ0) is 19.3. The highest BCUT2D eigenvalue weighted by atomic mass is 16.5. The molecule has 0 spiro atoms. The maximum atomic E-state index is 9.82. The summed E-state index contributed by atoms with van der Waals surface area (Å²) in [5.74, 6) is 3.71. The van der Waals surface area contributed by atoms with E-state index in [1.54, 1.807) is 0 Å². The van der Waals surface area contributed by atoms with Crippen molar-refractivity contribution in [3.8, 4) is 11.5 Å². The molecule has 5 unspecified atom stereocenters. The Balaban J connectivity index is 1.51. The fourth-order valence-electron chi connectivity index (χ4n) is 6.62. The lowest BCUT2D eigenvalue weighted by molar-refractivity contribution is -0.0913. The van der Waals surface area contributed by atoms with E-state index in [1.165, 1.54) is 36.8 Å². The maximum Gasteiger partial charge on any atom is 0.161 e. The van der Waals surface area contributed by atoms with Crippen molar-refractivity contribution in [3.05, 3.63) is 23.3 Å². The van der Waals surface area contributed by atoms with Gasteiger partial charge in [0, 0.05) is 31.0 Å². The lowest BCUT2D eigenvalue weighted by Gasteiger charge is -2.63. The van der Waals surface area contributed by atoms with Gasteiger partial charge in [-0.1, -0.05) is 18.0 Å². The highest BCUT2D eigenvalue weighted by Crippen LogP contribution is 2.58. The minimum Gasteiger partial charge on any atom is -0.490 e. The highest BCUT2D eigenvalue weighted by molar-refractivity contribution is 5.90. The predicted molar refractivity (Wildman–Crippen MR) is 108 cm³/mol. The molecule has 2 saturated carbocycles. The summed E-state index contributed by atoms with van der Waals surface area (Å²) in [4.78, 5) is 2.74. The molecule has 2 heterocycles. The third kappa shape index (κ3) is 2.66. The smallest absolute Gasteiger partial charge is 0.161 e. The van der Waals surface area contributed by atoms with E-state index in [1.807, 2.05) is 13.8 Å². The number of nitrogens with zero attached hydrogens (tertiary/aromatic N) is 2. The first kappa shape index (κ1) is 18.3. The molecule has 0 amide bonds. The van der Waals surface area contributed by atoms with Crippen molar-refractivity contribution in [1.29, 1.82) is 0 Å². The molecule has 0 bridgehead atoms. The number of ether oxygens (including phenoxy) is 2. The fourth-order valence-corrected chi connectivity index (χ4v) is 6.62. The minimum atomic E-state index is 0.300. The normalized spacial score (nSPS) is 35.2. The van der Waals surface area contributed by atoms with Crippen molar-refractivity contribution in [2.75, 3.05) is 19.8 Å². The van der Waals surface area contributed by atoms with E-state index in [4.69, 9.17) is 9.47 Å². The third-order valence-electron chi connectivity index (χ3n) is 7.65. The Hall–Kier alpha value is -1.75. The van der Waals surface area contributed by atoms with Crippen LogP contribution in [0.4, 0.5) is 0 Å². The van der Waals surface area contributed by atoms with E-state index >= 15 is 0 Å². The summed E-state index contributed by atoms with van der Waals surface area (Å²) < 4.78 is 11.8. The van der Waals surface area contributed by atoms with Crippen LogP contribution in [0.15, 0.2) is 17.3 Å². The van der Waals surface area contributed by atoms with E-state index < -0.39 is 0 Å². The summed E-state index contributed by atoms with van der Waals surface area (Å²) in [6.45, 7) is 6.40. The van der Waals surface area contributed by atoms with Crippen molar-refractivity contribution in [1.82, 2.24) is 4.90 Å². The molecule has 5 heteroatoms. The van der Waals surface area contributed by atoms with Gasteiger partial charge in [-0.2, -0.15) is 0 Å². The largest absolute Gasteiger partial charge is 0.490 e. The van der Waals surface area contributed by atoms with Gasteiger partial charge in [-0.15, -0.1) is 0 Å². The quantitative estimate of drug-likeness (QED) is 0.617. The van der Waals surface area contributed by atoms with E-state index in [-0.39, 0.29) is 0 Å². The van der Waals surface area contributed by atoms with Crippen LogP contribution in [0.3, 0.4) is 0 Å². The number of piperidine rings is 1. The van der Waals surface area contributed by atoms with Crippen LogP contribution in [0.2, 0.25) is 0 Å². The van der Waals surface area contributed by atoms with Gasteiger partial charge in [-0.05, 0) is 68.2 Å². The summed E-state index contributed by atoms with van der Waals surface area (Å²) >= 11 is 0. The fraction of sp³-hybridized carbons (Fsp3) is 0.696. The van der Waals surface area contributed by atoms with Crippen molar-refractivity contribution in [2.24, 2.45) is 22.9 Å². The van der Waals surface area contributed by atoms with Crippen molar-refractivity contribution >= 4 is 5.71 Å². The first-order valence-corrected chi connectivity index (χ1v) is 11.2. The summed E-state index contributed by atoms with van der Waals surface area (Å²) in [5.41, 5.74) is 3.74. The molecule has 2 aliphatic heterocycles. The number of hydrogen-bond acceptors (Lipinski definition) is 5. The molecule has 5 rings (SSSR count). The summed E-state index contributed by atoms with van der Waals surface area (Å²) in [6, 6.07) is 5.25. The number of fused-ring (bicyclic) bond motifs is 8. The molecule has 2 aliphatic carbocycles. The molecule has 3 fully saturated rings. The average Bonchev–Trinajstić information content (AvgIpc) is 2.71. The average molecular weight is 385 g/mol. The Morgan fingerprint density at radius 3 is 2.50 bits per heavy atom. The number of oxime groups is 1. The molecule has 5 nitrogen and oxygen atoms in total. The number of rotatable bonds is 4. The molecule has 1 aromatic rings. The molecule has 4 aliphatic rings. The van der Waals surface area contributed by atoms with Gasteiger partial charge in [0.2, 0.25) is 0 Å². The van der Waals surface area contributed by atoms with Gasteiger partial charge in [0.15, 0.2) is 11.5 Å². The molecule has 1 saturated heterocycles. The molecule has 152 valence electrons. The summed E-state index contributed by atoms with van der Waals surface area (Å²) in [5, 5.41) is 13.6. The Labute approximate surface area is 167 Å². The SMILES string of the molecule is CCOc1cc2c(cc1OCC)C1CC(=NO)C3C4CCCCC4C3N1CC2. The Kier molecular flexibility index (Phi) is 4.74. The van der Waals surface area contributed by atoms with Crippen molar-refractivity contribution in [2.45, 2.75) is 64.5 Å². The van der Waals surface area contributed by atoms with Crippen LogP contribution < -0.4 is 9.47 Å². The molecule has 28 heavy (non-hydrogen) atoms. The van der Waals surface area contributed by atoms with E-state index in [0.717, 1.165) is 48.4 Å². The molecule has 1 aromatic carbocycles. The molecule has 0 radical (unpaired) electrons. The van der Waals surface area contributed by atoms with Gasteiger partial charge >= 0.3 is 0 Å². The first-order valence-electron chi connectivity index (χ1n) is 11.2. The molecule has 5 atom stereocenters.